The van der Waals surface area contributed by atoms with Crippen LogP contribution in [-0.4, -0.2) is 22.6 Å². The topological polar surface area (TPSA) is 98.6 Å². The number of carbonyl (C=O) groups is 2. The fraction of sp³-hybridized carbons (Fsp3) is 0.438. The summed E-state index contributed by atoms with van der Waals surface area (Å²) in [4.78, 5) is 23.5. The van der Waals surface area contributed by atoms with Gasteiger partial charge in [0.1, 0.15) is 0 Å². The Kier molecular flexibility index (Phi) is 7.06. The van der Waals surface area contributed by atoms with Crippen LogP contribution in [-0.2, 0) is 7.05 Å². The van der Waals surface area contributed by atoms with Crippen molar-refractivity contribution >= 4 is 33.6 Å². The van der Waals surface area contributed by atoms with Gasteiger partial charge in [0.05, 0.1) is 16.2 Å². The van der Waals surface area contributed by atoms with Crippen LogP contribution in [0.3, 0.4) is 0 Å². The summed E-state index contributed by atoms with van der Waals surface area (Å²) in [7, 11) is 1.82. The van der Waals surface area contributed by atoms with E-state index in [4.69, 9.17) is 0 Å². The molecule has 1 aliphatic rings. The van der Waals surface area contributed by atoms with Crippen molar-refractivity contribution in [3.05, 3.63) is 28.6 Å². The van der Waals surface area contributed by atoms with Crippen molar-refractivity contribution in [3.8, 4) is 0 Å². The van der Waals surface area contributed by atoms with Gasteiger partial charge in [-0.05, 0) is 30.5 Å². The summed E-state index contributed by atoms with van der Waals surface area (Å²) < 4.78 is 2.58. The number of aromatic carboxylic acids is 1. The number of benzene rings is 1. The van der Waals surface area contributed by atoms with Crippen molar-refractivity contribution in [1.29, 1.82) is 0 Å². The number of carbonyl (C=O) groups excluding carboxylic acids is 2. The zero-order valence-electron chi connectivity index (χ0n) is 14.4. The molecule has 1 fully saturated rings. The Balaban J connectivity index is 0.00000225. The summed E-state index contributed by atoms with van der Waals surface area (Å²) in [6.07, 6.45) is 5.55. The second kappa shape index (κ2) is 8.84. The number of carboxylic acids is 1. The van der Waals surface area contributed by atoms with Crippen molar-refractivity contribution in [1.82, 2.24) is 15.3 Å². The number of amides is 2. The number of fused-ring (bicyclic) bond motifs is 1. The monoisotopic (exact) mass is 370 g/mol. The van der Waals surface area contributed by atoms with Gasteiger partial charge in [0.2, 0.25) is 4.80 Å². The van der Waals surface area contributed by atoms with Crippen LogP contribution >= 0.6 is 11.3 Å². The first-order chi connectivity index (χ1) is 11.5. The van der Waals surface area contributed by atoms with Crippen LogP contribution in [0.2, 0.25) is 0 Å². The summed E-state index contributed by atoms with van der Waals surface area (Å²) >= 11 is 1.31. The van der Waals surface area contributed by atoms with Gasteiger partial charge in [-0.2, -0.15) is 0 Å². The Labute approximate surface area is 171 Å². The van der Waals surface area contributed by atoms with Crippen LogP contribution in [0.1, 0.15) is 42.5 Å². The Bertz CT molecular complexity index is 840. The maximum atomic E-state index is 11.9. The molecule has 9 heteroatoms. The SMILES string of the molecule is Cn1/c(=N/NC(=O)NC2CCCCC2)sc2cc(C(=O)[O-])ccc21.[Na+]. The van der Waals surface area contributed by atoms with E-state index in [1.165, 1.54) is 23.8 Å². The molecule has 2 amide bonds. The van der Waals surface area contributed by atoms with Gasteiger partial charge in [-0.3, -0.25) is 0 Å². The van der Waals surface area contributed by atoms with Crippen LogP contribution in [0, 0.1) is 0 Å². The zero-order valence-corrected chi connectivity index (χ0v) is 17.2. The number of aryl methyl sites for hydroxylation is 1. The third kappa shape index (κ3) is 4.84. The second-order valence-corrected chi connectivity index (χ2v) is 6.95. The number of aromatic nitrogens is 1. The third-order valence-corrected chi connectivity index (χ3v) is 5.33. The van der Waals surface area contributed by atoms with E-state index in [2.05, 4.69) is 15.8 Å². The number of thiazole rings is 1. The van der Waals surface area contributed by atoms with Gasteiger partial charge in [-0.1, -0.05) is 36.7 Å². The molecule has 2 aromatic rings. The van der Waals surface area contributed by atoms with Gasteiger partial charge < -0.3 is 19.8 Å². The quantitative estimate of drug-likeness (QED) is 0.486. The molecular formula is C16H19N4NaO3S. The number of hydrogen-bond acceptors (Lipinski definition) is 5. The van der Waals surface area contributed by atoms with Crippen molar-refractivity contribution in [2.24, 2.45) is 12.1 Å². The molecule has 0 bridgehead atoms. The number of urea groups is 1. The van der Waals surface area contributed by atoms with Gasteiger partial charge in [0.25, 0.3) is 0 Å². The molecule has 1 aromatic heterocycles. The summed E-state index contributed by atoms with van der Waals surface area (Å²) in [6, 6.07) is 4.66. The molecule has 3 rings (SSSR count). The van der Waals surface area contributed by atoms with Crippen molar-refractivity contribution in [2.45, 2.75) is 38.1 Å². The van der Waals surface area contributed by atoms with Gasteiger partial charge >= 0.3 is 35.6 Å². The van der Waals surface area contributed by atoms with E-state index in [-0.39, 0.29) is 47.2 Å². The van der Waals surface area contributed by atoms with E-state index in [0.29, 0.717) is 4.80 Å². The normalized spacial score (nSPS) is 15.6. The van der Waals surface area contributed by atoms with Crippen LogP contribution < -0.4 is 50.2 Å². The first-order valence-corrected chi connectivity index (χ1v) is 8.77. The largest absolute Gasteiger partial charge is 1.00 e. The summed E-state index contributed by atoms with van der Waals surface area (Å²) in [6.45, 7) is 0. The molecular weight excluding hydrogens is 351 g/mol. The molecule has 0 saturated heterocycles. The standard InChI is InChI=1S/C16H20N4O3S.Na/c1-20-12-8-7-10(14(21)22)9-13(12)24-16(20)19-18-15(23)17-11-5-3-2-4-6-11;/h7-9,11H,2-6H2,1H3,(H,21,22)(H2,17,18,23);/q;+1/p-1/b19-16-;. The average Bonchev–Trinajstić information content (AvgIpc) is 2.89. The van der Waals surface area contributed by atoms with Crippen molar-refractivity contribution in [2.75, 3.05) is 0 Å². The molecule has 0 unspecified atom stereocenters. The molecule has 7 nitrogen and oxygen atoms in total. The van der Waals surface area contributed by atoms with Gasteiger partial charge in [0.15, 0.2) is 0 Å². The number of carboxylic acid groups (broad SMARTS) is 1. The molecule has 1 saturated carbocycles. The molecule has 0 aliphatic heterocycles. The number of nitrogens with one attached hydrogen (secondary N) is 2. The van der Waals surface area contributed by atoms with Crippen LogP contribution in [0.4, 0.5) is 4.79 Å². The van der Waals surface area contributed by atoms with Gasteiger partial charge in [-0.25, -0.2) is 10.2 Å². The van der Waals surface area contributed by atoms with Crippen LogP contribution in [0.15, 0.2) is 23.3 Å². The minimum atomic E-state index is -1.21. The Morgan fingerprint density at radius 1 is 1.28 bits per heavy atom. The fourth-order valence-electron chi connectivity index (χ4n) is 2.93. The first-order valence-electron chi connectivity index (χ1n) is 7.96. The van der Waals surface area contributed by atoms with E-state index < -0.39 is 5.97 Å². The maximum Gasteiger partial charge on any atom is 1.00 e. The molecule has 2 N–H and O–H groups in total. The average molecular weight is 370 g/mol. The number of hydrogen-bond donors (Lipinski definition) is 2. The van der Waals surface area contributed by atoms with Crippen molar-refractivity contribution in [3.63, 3.8) is 0 Å². The molecule has 25 heavy (non-hydrogen) atoms. The Morgan fingerprint density at radius 2 is 2.00 bits per heavy atom. The Morgan fingerprint density at radius 3 is 2.68 bits per heavy atom. The molecule has 1 heterocycles. The Hall–Kier alpha value is -1.35. The number of nitrogens with zero attached hydrogens (tertiary/aromatic N) is 2. The van der Waals surface area contributed by atoms with Crippen LogP contribution in [0.25, 0.3) is 10.2 Å². The van der Waals surface area contributed by atoms with E-state index in [1.807, 2.05) is 7.05 Å². The predicted molar refractivity (Wildman–Crippen MR) is 89.2 cm³/mol. The zero-order chi connectivity index (χ0) is 17.1. The molecule has 128 valence electrons. The molecule has 1 aromatic carbocycles. The minimum Gasteiger partial charge on any atom is -0.545 e. The molecule has 0 radical (unpaired) electrons. The summed E-state index contributed by atoms with van der Waals surface area (Å²) in [5.74, 6) is -1.21. The molecule has 0 atom stereocenters. The second-order valence-electron chi connectivity index (χ2n) is 5.95. The summed E-state index contributed by atoms with van der Waals surface area (Å²) in [5, 5.41) is 18.0. The third-order valence-electron chi connectivity index (χ3n) is 4.24. The molecule has 1 aliphatic carbocycles. The maximum absolute atomic E-state index is 11.9. The van der Waals surface area contributed by atoms with E-state index in [0.717, 1.165) is 35.9 Å². The minimum absolute atomic E-state index is 0. The van der Waals surface area contributed by atoms with Crippen LogP contribution in [0.5, 0.6) is 0 Å². The van der Waals surface area contributed by atoms with E-state index in [1.54, 1.807) is 16.7 Å². The van der Waals surface area contributed by atoms with E-state index in [9.17, 15) is 14.7 Å². The smallest absolute Gasteiger partial charge is 0.545 e. The first kappa shape index (κ1) is 20.0. The number of rotatable bonds is 3. The van der Waals surface area contributed by atoms with Gasteiger partial charge in [-0.15, -0.1) is 5.10 Å². The van der Waals surface area contributed by atoms with Crippen molar-refractivity contribution < 1.29 is 44.3 Å². The van der Waals surface area contributed by atoms with E-state index >= 15 is 0 Å². The summed E-state index contributed by atoms with van der Waals surface area (Å²) in [5.41, 5.74) is 3.49. The predicted octanol–water partition coefficient (Wildman–Crippen LogP) is -1.95. The molecule has 0 spiro atoms. The fourth-order valence-corrected chi connectivity index (χ4v) is 3.95. The van der Waals surface area contributed by atoms with Gasteiger partial charge in [0, 0.05) is 13.1 Å².